The summed E-state index contributed by atoms with van der Waals surface area (Å²) in [5.41, 5.74) is 13.6. The molecule has 1 aliphatic carbocycles. The minimum atomic E-state index is -0.000438. The minimum Gasteiger partial charge on any atom is -0.0619 e. The first kappa shape index (κ1) is 28.3. The first-order chi connectivity index (χ1) is 22.7. The van der Waals surface area contributed by atoms with Gasteiger partial charge in [-0.1, -0.05) is 139 Å². The number of hydrogen-bond acceptors (Lipinski definition) is 0. The maximum Gasteiger partial charge on any atom is 0.0159 e. The molecular formula is C47H40. The smallest absolute Gasteiger partial charge is 0.0159 e. The lowest BCUT2D eigenvalue weighted by atomic mass is 9.81. The molecule has 0 bridgehead atoms. The van der Waals surface area contributed by atoms with E-state index in [1.807, 2.05) is 0 Å². The molecular weight excluding hydrogens is 565 g/mol. The van der Waals surface area contributed by atoms with Gasteiger partial charge in [-0.2, -0.15) is 0 Å². The van der Waals surface area contributed by atoms with Gasteiger partial charge >= 0.3 is 0 Å². The van der Waals surface area contributed by atoms with Crippen LogP contribution in [-0.2, 0) is 5.41 Å². The fourth-order valence-electron chi connectivity index (χ4n) is 8.64. The van der Waals surface area contributed by atoms with Crippen LogP contribution in [0.25, 0.3) is 76.5 Å². The molecule has 0 radical (unpaired) electrons. The highest BCUT2D eigenvalue weighted by atomic mass is 14.4. The quantitative estimate of drug-likeness (QED) is 0.175. The SMILES string of the molecule is CC(C)c1ccc2ccc3c(C(C)C)cc(-c4ccc5cc(-c6ccc7c(c6)C(C)(C)c6ccccc6-7)ccc5c4)c4ccc1c2c43. The summed E-state index contributed by atoms with van der Waals surface area (Å²) >= 11 is 0. The average molecular weight is 605 g/mol. The molecule has 0 aliphatic heterocycles. The fraction of sp³-hybridized carbons (Fsp3) is 0.191. The minimum absolute atomic E-state index is 0.000438. The summed E-state index contributed by atoms with van der Waals surface area (Å²) < 4.78 is 0. The van der Waals surface area contributed by atoms with Gasteiger partial charge in [-0.05, 0) is 135 Å². The lowest BCUT2D eigenvalue weighted by Crippen LogP contribution is -2.14. The van der Waals surface area contributed by atoms with Crippen molar-refractivity contribution in [3.63, 3.8) is 0 Å². The highest BCUT2D eigenvalue weighted by molar-refractivity contribution is 6.27. The zero-order valence-electron chi connectivity index (χ0n) is 28.2. The van der Waals surface area contributed by atoms with Gasteiger partial charge < -0.3 is 0 Å². The van der Waals surface area contributed by atoms with Gasteiger partial charge in [0.05, 0.1) is 0 Å². The first-order valence-corrected chi connectivity index (χ1v) is 17.2. The standard InChI is InChI=1S/C47H40/c1-27(2)35-18-15-29-16-20-39-41(28(3)4)26-42(40-22-21-38(35)45(29)46(39)40)34-14-13-30-23-31(11-12-32(30)24-34)33-17-19-37-36-9-7-8-10-43(36)47(5,6)44(37)25-33/h7-28H,1-6H3. The van der Waals surface area contributed by atoms with Crippen LogP contribution in [0, 0.1) is 0 Å². The molecule has 0 N–H and O–H groups in total. The van der Waals surface area contributed by atoms with E-state index in [4.69, 9.17) is 0 Å². The van der Waals surface area contributed by atoms with Gasteiger partial charge in [-0.15, -0.1) is 0 Å². The molecule has 0 unspecified atom stereocenters. The Morgan fingerprint density at radius 1 is 0.404 bits per heavy atom. The van der Waals surface area contributed by atoms with Gasteiger partial charge in [0.1, 0.15) is 0 Å². The van der Waals surface area contributed by atoms with E-state index in [1.165, 1.54) is 98.7 Å². The maximum atomic E-state index is 2.47. The summed E-state index contributed by atoms with van der Waals surface area (Å²) in [6, 6.07) is 46.6. The Balaban J connectivity index is 1.19. The van der Waals surface area contributed by atoms with Gasteiger partial charge in [-0.25, -0.2) is 0 Å². The Hall–Kier alpha value is -4.94. The lowest BCUT2D eigenvalue weighted by Gasteiger charge is -2.22. The van der Waals surface area contributed by atoms with Gasteiger partial charge in [-0.3, -0.25) is 0 Å². The van der Waals surface area contributed by atoms with Crippen molar-refractivity contribution in [2.24, 2.45) is 0 Å². The van der Waals surface area contributed by atoms with E-state index in [9.17, 15) is 0 Å². The van der Waals surface area contributed by atoms with Crippen LogP contribution in [0.3, 0.4) is 0 Å². The molecule has 0 atom stereocenters. The van der Waals surface area contributed by atoms with Crippen molar-refractivity contribution in [1.82, 2.24) is 0 Å². The second-order valence-electron chi connectivity index (χ2n) is 14.9. The van der Waals surface area contributed by atoms with Crippen LogP contribution < -0.4 is 0 Å². The van der Waals surface area contributed by atoms with E-state index in [-0.39, 0.29) is 5.41 Å². The summed E-state index contributed by atoms with van der Waals surface area (Å²) in [5.74, 6) is 0.907. The molecule has 0 aromatic heterocycles. The van der Waals surface area contributed by atoms with Crippen molar-refractivity contribution in [2.45, 2.75) is 58.8 Å². The predicted octanol–water partition coefficient (Wildman–Crippen LogP) is 13.6. The molecule has 0 amide bonds. The Labute approximate surface area is 278 Å². The normalized spacial score (nSPS) is 13.9. The highest BCUT2D eigenvalue weighted by Crippen LogP contribution is 2.50. The van der Waals surface area contributed by atoms with Crippen LogP contribution in [0.5, 0.6) is 0 Å². The summed E-state index contributed by atoms with van der Waals surface area (Å²) in [4.78, 5) is 0. The van der Waals surface area contributed by atoms with Crippen molar-refractivity contribution in [1.29, 1.82) is 0 Å². The van der Waals surface area contributed by atoms with Crippen LogP contribution in [0.2, 0.25) is 0 Å². The Kier molecular flexibility index (Phi) is 6.04. The van der Waals surface area contributed by atoms with Crippen LogP contribution in [0.4, 0.5) is 0 Å². The summed E-state index contributed by atoms with van der Waals surface area (Å²) in [7, 11) is 0. The molecule has 0 saturated carbocycles. The fourth-order valence-corrected chi connectivity index (χ4v) is 8.64. The molecule has 0 fully saturated rings. The zero-order valence-corrected chi connectivity index (χ0v) is 28.2. The molecule has 0 heteroatoms. The van der Waals surface area contributed by atoms with Crippen molar-refractivity contribution in [3.8, 4) is 33.4 Å². The lowest BCUT2D eigenvalue weighted by molar-refractivity contribution is 0.660. The monoisotopic (exact) mass is 604 g/mol. The van der Waals surface area contributed by atoms with Gasteiger partial charge in [0.2, 0.25) is 0 Å². The third-order valence-electron chi connectivity index (χ3n) is 11.2. The molecule has 0 heterocycles. The van der Waals surface area contributed by atoms with E-state index in [1.54, 1.807) is 0 Å². The largest absolute Gasteiger partial charge is 0.0619 e. The Bertz CT molecular complexity index is 2540. The summed E-state index contributed by atoms with van der Waals surface area (Å²) in [5, 5.41) is 10.9. The first-order valence-electron chi connectivity index (χ1n) is 17.2. The number of rotatable bonds is 4. The van der Waals surface area contributed by atoms with Crippen molar-refractivity contribution in [2.75, 3.05) is 0 Å². The second-order valence-corrected chi connectivity index (χ2v) is 14.9. The molecule has 0 nitrogen and oxygen atoms in total. The van der Waals surface area contributed by atoms with Crippen LogP contribution in [0.1, 0.15) is 75.6 Å². The van der Waals surface area contributed by atoms with Crippen molar-refractivity contribution < 1.29 is 0 Å². The van der Waals surface area contributed by atoms with E-state index in [0.29, 0.717) is 11.8 Å². The predicted molar refractivity (Wildman–Crippen MR) is 204 cm³/mol. The number of fused-ring (bicyclic) bond motifs is 4. The topological polar surface area (TPSA) is 0 Å². The molecule has 1 aliphatic rings. The third kappa shape index (κ3) is 4.07. The molecule has 47 heavy (non-hydrogen) atoms. The average Bonchev–Trinajstić information content (AvgIpc) is 3.31. The van der Waals surface area contributed by atoms with E-state index < -0.39 is 0 Å². The molecule has 8 aromatic carbocycles. The van der Waals surface area contributed by atoms with Crippen molar-refractivity contribution in [3.05, 3.63) is 144 Å². The zero-order chi connectivity index (χ0) is 32.2. The summed E-state index contributed by atoms with van der Waals surface area (Å²) in [6.45, 7) is 14.0. The molecule has 0 saturated heterocycles. The highest BCUT2D eigenvalue weighted by Gasteiger charge is 2.35. The number of benzene rings is 8. The van der Waals surface area contributed by atoms with Crippen molar-refractivity contribution >= 4 is 43.1 Å². The van der Waals surface area contributed by atoms with E-state index in [0.717, 1.165) is 0 Å². The van der Waals surface area contributed by atoms with Gasteiger partial charge in [0, 0.05) is 5.41 Å². The second kappa shape index (κ2) is 10.0. The maximum absolute atomic E-state index is 2.47. The van der Waals surface area contributed by atoms with Gasteiger partial charge in [0.25, 0.3) is 0 Å². The van der Waals surface area contributed by atoms with E-state index in [2.05, 4.69) is 163 Å². The molecule has 9 rings (SSSR count). The Morgan fingerprint density at radius 3 is 1.77 bits per heavy atom. The molecule has 8 aromatic rings. The molecule has 228 valence electrons. The third-order valence-corrected chi connectivity index (χ3v) is 11.2. The van der Waals surface area contributed by atoms with Crippen LogP contribution >= 0.6 is 0 Å². The Morgan fingerprint density at radius 2 is 0.979 bits per heavy atom. The van der Waals surface area contributed by atoms with Gasteiger partial charge in [0.15, 0.2) is 0 Å². The summed E-state index contributed by atoms with van der Waals surface area (Å²) in [6.07, 6.45) is 0. The van der Waals surface area contributed by atoms with Crippen LogP contribution in [0.15, 0.2) is 121 Å². The molecule has 0 spiro atoms. The number of hydrogen-bond donors (Lipinski definition) is 0. The van der Waals surface area contributed by atoms with E-state index >= 15 is 0 Å². The van der Waals surface area contributed by atoms with Crippen LogP contribution in [-0.4, -0.2) is 0 Å².